The van der Waals surface area contributed by atoms with Gasteiger partial charge in [0, 0.05) is 11.3 Å². The fraction of sp³-hybridized carbons (Fsp3) is 0.375. The molecular formula is C16H19N3O2. The highest BCUT2D eigenvalue weighted by Gasteiger charge is 2.26. The number of phenolic OH excluding ortho intramolecular Hbond substituents is 1. The minimum Gasteiger partial charge on any atom is -0.508 e. The average molecular weight is 285 g/mol. The number of aromatic hydroxyl groups is 1. The number of hydrogen-bond donors (Lipinski definition) is 3. The Labute approximate surface area is 123 Å². The van der Waals surface area contributed by atoms with E-state index in [1.807, 2.05) is 26.0 Å². The number of fused-ring (bicyclic) bond motifs is 1. The van der Waals surface area contributed by atoms with E-state index in [1.54, 1.807) is 6.07 Å². The van der Waals surface area contributed by atoms with E-state index in [4.69, 9.17) is 0 Å². The van der Waals surface area contributed by atoms with Crippen molar-refractivity contribution in [3.05, 3.63) is 46.3 Å². The molecule has 1 amide bonds. The van der Waals surface area contributed by atoms with Crippen molar-refractivity contribution in [3.8, 4) is 5.75 Å². The molecule has 1 aliphatic rings. The number of hydrogen-bond acceptors (Lipinski definition) is 3. The van der Waals surface area contributed by atoms with Gasteiger partial charge in [0.05, 0.1) is 18.2 Å². The molecule has 0 bridgehead atoms. The molecule has 5 heteroatoms. The monoisotopic (exact) mass is 285 g/mol. The van der Waals surface area contributed by atoms with Crippen molar-refractivity contribution >= 4 is 5.91 Å². The zero-order valence-electron chi connectivity index (χ0n) is 12.2. The van der Waals surface area contributed by atoms with Crippen LogP contribution in [0.2, 0.25) is 0 Å². The van der Waals surface area contributed by atoms with Crippen molar-refractivity contribution < 1.29 is 9.90 Å². The molecule has 0 saturated heterocycles. The number of benzene rings is 1. The number of amides is 1. The van der Waals surface area contributed by atoms with Gasteiger partial charge in [-0.05, 0) is 43.9 Å². The highest BCUT2D eigenvalue weighted by atomic mass is 16.3. The Morgan fingerprint density at radius 2 is 2.29 bits per heavy atom. The minimum atomic E-state index is -0.0104. The van der Waals surface area contributed by atoms with Crippen LogP contribution in [-0.4, -0.2) is 21.2 Å². The highest BCUT2D eigenvalue weighted by Crippen LogP contribution is 2.36. The molecule has 3 N–H and O–H groups in total. The first-order chi connectivity index (χ1) is 10.1. The molecule has 1 heterocycles. The standard InChI is InChI=1S/C16H19N3O2/c1-9-13(10(2)19-18-9)8-16(21)17-14-7-6-12-11(14)4-3-5-15(12)20/h3-5,14,20H,6-8H2,1-2H3,(H,17,21)(H,18,19). The van der Waals surface area contributed by atoms with E-state index in [9.17, 15) is 9.90 Å². The molecule has 21 heavy (non-hydrogen) atoms. The van der Waals surface area contributed by atoms with E-state index in [-0.39, 0.29) is 11.9 Å². The van der Waals surface area contributed by atoms with Crippen LogP contribution in [0.5, 0.6) is 5.75 Å². The Morgan fingerprint density at radius 3 is 3.00 bits per heavy atom. The van der Waals surface area contributed by atoms with Gasteiger partial charge in [-0.15, -0.1) is 0 Å². The summed E-state index contributed by atoms with van der Waals surface area (Å²) >= 11 is 0. The molecule has 5 nitrogen and oxygen atoms in total. The van der Waals surface area contributed by atoms with Gasteiger partial charge in [-0.2, -0.15) is 5.10 Å². The predicted molar refractivity (Wildman–Crippen MR) is 79.1 cm³/mol. The molecule has 3 rings (SSSR count). The lowest BCUT2D eigenvalue weighted by molar-refractivity contribution is -0.121. The summed E-state index contributed by atoms with van der Waals surface area (Å²) in [6, 6.07) is 5.48. The molecular weight excluding hydrogens is 266 g/mol. The molecule has 1 aromatic carbocycles. The van der Waals surface area contributed by atoms with Gasteiger partial charge >= 0.3 is 0 Å². The Morgan fingerprint density at radius 1 is 1.48 bits per heavy atom. The van der Waals surface area contributed by atoms with Gasteiger partial charge in [0.25, 0.3) is 0 Å². The lowest BCUT2D eigenvalue weighted by atomic mass is 10.1. The second-order valence-electron chi connectivity index (χ2n) is 5.59. The van der Waals surface area contributed by atoms with Crippen LogP contribution in [-0.2, 0) is 17.6 Å². The van der Waals surface area contributed by atoms with Crippen LogP contribution in [0.15, 0.2) is 18.2 Å². The molecule has 110 valence electrons. The molecule has 0 fully saturated rings. The largest absolute Gasteiger partial charge is 0.508 e. The first-order valence-electron chi connectivity index (χ1n) is 7.17. The number of nitrogens with zero attached hydrogens (tertiary/aromatic N) is 1. The second-order valence-corrected chi connectivity index (χ2v) is 5.59. The molecule has 1 atom stereocenters. The zero-order valence-corrected chi connectivity index (χ0v) is 12.2. The summed E-state index contributed by atoms with van der Waals surface area (Å²) in [6.45, 7) is 3.82. The first kappa shape index (κ1) is 13.7. The first-order valence-corrected chi connectivity index (χ1v) is 7.17. The number of phenols is 1. The number of H-pyrrole nitrogens is 1. The fourth-order valence-corrected chi connectivity index (χ4v) is 3.03. The lowest BCUT2D eigenvalue weighted by Gasteiger charge is -2.14. The number of aromatic amines is 1. The van der Waals surface area contributed by atoms with Gasteiger partial charge in [0.15, 0.2) is 0 Å². The molecule has 1 aliphatic carbocycles. The molecule has 0 aliphatic heterocycles. The van der Waals surface area contributed by atoms with Gasteiger partial charge < -0.3 is 10.4 Å². The van der Waals surface area contributed by atoms with E-state index >= 15 is 0 Å². The van der Waals surface area contributed by atoms with Gasteiger partial charge in [0.2, 0.25) is 5.91 Å². The highest BCUT2D eigenvalue weighted by molar-refractivity contribution is 5.79. The number of aryl methyl sites for hydroxylation is 2. The third kappa shape index (κ3) is 2.51. The summed E-state index contributed by atoms with van der Waals surface area (Å²) in [6.07, 6.45) is 1.97. The summed E-state index contributed by atoms with van der Waals surface area (Å²) in [5.74, 6) is 0.314. The van der Waals surface area contributed by atoms with Crippen molar-refractivity contribution in [3.63, 3.8) is 0 Å². The van der Waals surface area contributed by atoms with Gasteiger partial charge in [-0.1, -0.05) is 12.1 Å². The van der Waals surface area contributed by atoms with E-state index in [1.165, 1.54) is 0 Å². The second kappa shape index (κ2) is 5.24. The van der Waals surface area contributed by atoms with Gasteiger partial charge in [-0.3, -0.25) is 9.89 Å². The van der Waals surface area contributed by atoms with Crippen LogP contribution in [0.1, 0.15) is 40.5 Å². The Bertz CT molecular complexity index is 671. The quantitative estimate of drug-likeness (QED) is 0.808. The number of aromatic nitrogens is 2. The molecule has 2 aromatic rings. The van der Waals surface area contributed by atoms with E-state index in [0.29, 0.717) is 12.2 Å². The zero-order chi connectivity index (χ0) is 15.0. The SMILES string of the molecule is Cc1n[nH]c(C)c1CC(=O)NC1CCc2c(O)cccc21. The van der Waals surface area contributed by atoms with E-state index in [2.05, 4.69) is 15.5 Å². The van der Waals surface area contributed by atoms with Gasteiger partial charge in [-0.25, -0.2) is 0 Å². The average Bonchev–Trinajstić information content (AvgIpc) is 2.99. The van der Waals surface area contributed by atoms with Crippen molar-refractivity contribution in [2.75, 3.05) is 0 Å². The molecule has 0 spiro atoms. The van der Waals surface area contributed by atoms with Gasteiger partial charge in [0.1, 0.15) is 5.75 Å². The maximum absolute atomic E-state index is 12.3. The minimum absolute atomic E-state index is 0.00730. The maximum atomic E-state index is 12.3. The van der Waals surface area contributed by atoms with Crippen LogP contribution < -0.4 is 5.32 Å². The summed E-state index contributed by atoms with van der Waals surface area (Å²) < 4.78 is 0. The van der Waals surface area contributed by atoms with Crippen molar-refractivity contribution in [1.82, 2.24) is 15.5 Å². The number of rotatable bonds is 3. The smallest absolute Gasteiger partial charge is 0.225 e. The van der Waals surface area contributed by atoms with Crippen molar-refractivity contribution in [2.45, 2.75) is 39.2 Å². The number of carbonyl (C=O) groups is 1. The number of carbonyl (C=O) groups excluding carboxylic acids is 1. The Kier molecular flexibility index (Phi) is 3.41. The van der Waals surface area contributed by atoms with Crippen molar-refractivity contribution in [2.24, 2.45) is 0 Å². The maximum Gasteiger partial charge on any atom is 0.225 e. The molecule has 1 unspecified atom stereocenters. The molecule has 1 aromatic heterocycles. The summed E-state index contributed by atoms with van der Waals surface area (Å²) in [5, 5.41) is 19.9. The summed E-state index contributed by atoms with van der Waals surface area (Å²) in [5.41, 5.74) is 4.75. The van der Waals surface area contributed by atoms with Crippen LogP contribution in [0, 0.1) is 13.8 Å². The summed E-state index contributed by atoms with van der Waals surface area (Å²) in [7, 11) is 0. The third-order valence-electron chi connectivity index (χ3n) is 4.20. The summed E-state index contributed by atoms with van der Waals surface area (Å²) in [4.78, 5) is 12.3. The molecule has 0 saturated carbocycles. The van der Waals surface area contributed by atoms with Crippen LogP contribution >= 0.6 is 0 Å². The number of nitrogens with one attached hydrogen (secondary N) is 2. The van der Waals surface area contributed by atoms with Crippen LogP contribution in [0.25, 0.3) is 0 Å². The van der Waals surface area contributed by atoms with Crippen LogP contribution in [0.3, 0.4) is 0 Å². The Hall–Kier alpha value is -2.30. The third-order valence-corrected chi connectivity index (χ3v) is 4.20. The topological polar surface area (TPSA) is 78.0 Å². The molecule has 0 radical (unpaired) electrons. The Balaban J connectivity index is 1.72. The normalized spacial score (nSPS) is 16.8. The fourth-order valence-electron chi connectivity index (χ4n) is 3.03. The predicted octanol–water partition coefficient (Wildman–Crippen LogP) is 2.08. The van der Waals surface area contributed by atoms with Crippen LogP contribution in [0.4, 0.5) is 0 Å². The lowest BCUT2D eigenvalue weighted by Crippen LogP contribution is -2.28. The van der Waals surface area contributed by atoms with E-state index in [0.717, 1.165) is 40.9 Å². The van der Waals surface area contributed by atoms with Crippen molar-refractivity contribution in [1.29, 1.82) is 0 Å². The van der Waals surface area contributed by atoms with E-state index < -0.39 is 0 Å².